The Balaban J connectivity index is 1.48. The number of aromatic amines is 1. The number of aliphatic hydroxyl groups is 1. The second-order valence-electron chi connectivity index (χ2n) is 8.79. The molecule has 2 atom stereocenters. The molecule has 0 saturated heterocycles. The first-order valence-electron chi connectivity index (χ1n) is 10.0. The van der Waals surface area contributed by atoms with E-state index in [-0.39, 0.29) is 17.2 Å². The molecular weight excluding hydrogens is 355 g/mol. The van der Waals surface area contributed by atoms with Crippen LogP contribution in [0.1, 0.15) is 43.9 Å². The lowest BCUT2D eigenvalue weighted by atomic mass is 9.68. The summed E-state index contributed by atoms with van der Waals surface area (Å²) in [6.45, 7) is 2.73. The smallest absolute Gasteiger partial charge is 0.123 e. The minimum atomic E-state index is -0.829. The van der Waals surface area contributed by atoms with E-state index in [1.807, 2.05) is 12.3 Å². The molecule has 1 aromatic carbocycles. The number of rotatable bonds is 5. The van der Waals surface area contributed by atoms with Crippen molar-refractivity contribution in [3.8, 4) is 5.75 Å². The third-order valence-corrected chi connectivity index (χ3v) is 6.51. The zero-order valence-corrected chi connectivity index (χ0v) is 16.0. The van der Waals surface area contributed by atoms with Crippen molar-refractivity contribution in [2.24, 2.45) is 5.92 Å². The molecule has 1 saturated carbocycles. The number of H-pyrrole nitrogens is 1. The molecule has 0 spiro atoms. The monoisotopic (exact) mass is 380 g/mol. The van der Waals surface area contributed by atoms with Crippen molar-refractivity contribution < 1.29 is 14.2 Å². The second kappa shape index (κ2) is 6.31. The van der Waals surface area contributed by atoms with Crippen molar-refractivity contribution in [3.63, 3.8) is 0 Å². The number of halogens is 1. The SMILES string of the molecule is CC1(CC(O)(Cc2cc3ccncc3[nH]2)C2CC2)CCOc2ccc(F)cc21. The normalized spacial score (nSPS) is 23.8. The van der Waals surface area contributed by atoms with Gasteiger partial charge in [-0.3, -0.25) is 4.98 Å². The van der Waals surface area contributed by atoms with E-state index < -0.39 is 5.60 Å². The van der Waals surface area contributed by atoms with Crippen LogP contribution in [0.2, 0.25) is 0 Å². The number of fused-ring (bicyclic) bond motifs is 2. The van der Waals surface area contributed by atoms with Crippen LogP contribution < -0.4 is 4.74 Å². The van der Waals surface area contributed by atoms with Gasteiger partial charge in [-0.25, -0.2) is 4.39 Å². The average Bonchev–Trinajstić information content (AvgIpc) is 3.44. The quantitative estimate of drug-likeness (QED) is 0.684. The van der Waals surface area contributed by atoms with Gasteiger partial charge in [0.15, 0.2) is 0 Å². The molecule has 3 aromatic rings. The lowest BCUT2D eigenvalue weighted by Crippen LogP contribution is -2.44. The number of hydrogen-bond acceptors (Lipinski definition) is 3. The van der Waals surface area contributed by atoms with Gasteiger partial charge in [-0.2, -0.15) is 0 Å². The van der Waals surface area contributed by atoms with Crippen LogP contribution in [0.3, 0.4) is 0 Å². The van der Waals surface area contributed by atoms with E-state index >= 15 is 0 Å². The molecular formula is C23H25FN2O2. The highest BCUT2D eigenvalue weighted by molar-refractivity contribution is 5.79. The van der Waals surface area contributed by atoms with Gasteiger partial charge in [0.05, 0.1) is 23.9 Å². The predicted molar refractivity (Wildman–Crippen MR) is 106 cm³/mol. The highest BCUT2D eigenvalue weighted by Crippen LogP contribution is 2.51. The minimum absolute atomic E-state index is 0.256. The number of hydrogen-bond donors (Lipinski definition) is 2. The van der Waals surface area contributed by atoms with Gasteiger partial charge in [-0.05, 0) is 61.9 Å². The highest BCUT2D eigenvalue weighted by atomic mass is 19.1. The fourth-order valence-electron chi connectivity index (χ4n) is 4.91. The van der Waals surface area contributed by atoms with Crippen LogP contribution in [0.5, 0.6) is 5.75 Å². The van der Waals surface area contributed by atoms with Crippen LogP contribution in [0.4, 0.5) is 4.39 Å². The van der Waals surface area contributed by atoms with Crippen molar-refractivity contribution in [1.29, 1.82) is 0 Å². The first-order valence-corrected chi connectivity index (χ1v) is 10.0. The molecule has 146 valence electrons. The Kier molecular flexibility index (Phi) is 3.98. The van der Waals surface area contributed by atoms with Gasteiger partial charge < -0.3 is 14.8 Å². The zero-order valence-electron chi connectivity index (χ0n) is 16.0. The lowest BCUT2D eigenvalue weighted by molar-refractivity contribution is -0.0169. The molecule has 3 heterocycles. The van der Waals surface area contributed by atoms with E-state index in [4.69, 9.17) is 4.74 Å². The molecule has 0 amide bonds. The van der Waals surface area contributed by atoms with Crippen LogP contribution in [-0.2, 0) is 11.8 Å². The molecule has 0 bridgehead atoms. The third kappa shape index (κ3) is 3.08. The Morgan fingerprint density at radius 3 is 2.96 bits per heavy atom. The molecule has 2 unspecified atom stereocenters. The number of ether oxygens (including phenoxy) is 1. The fourth-order valence-corrected chi connectivity index (χ4v) is 4.91. The largest absolute Gasteiger partial charge is 0.493 e. The summed E-state index contributed by atoms with van der Waals surface area (Å²) in [6, 6.07) is 8.81. The van der Waals surface area contributed by atoms with Crippen molar-refractivity contribution in [1.82, 2.24) is 9.97 Å². The maximum Gasteiger partial charge on any atom is 0.123 e. The number of nitrogens with zero attached hydrogens (tertiary/aromatic N) is 1. The Morgan fingerprint density at radius 1 is 1.32 bits per heavy atom. The molecule has 0 radical (unpaired) electrons. The van der Waals surface area contributed by atoms with Gasteiger partial charge in [0, 0.05) is 34.7 Å². The number of nitrogens with one attached hydrogen (secondary N) is 1. The second-order valence-corrected chi connectivity index (χ2v) is 8.79. The van der Waals surface area contributed by atoms with Gasteiger partial charge in [0.25, 0.3) is 0 Å². The maximum absolute atomic E-state index is 14.0. The Hall–Kier alpha value is -2.40. The Bertz CT molecular complexity index is 995. The van der Waals surface area contributed by atoms with Gasteiger partial charge in [0.2, 0.25) is 0 Å². The molecule has 2 aliphatic rings. The first-order chi connectivity index (χ1) is 13.5. The molecule has 4 nitrogen and oxygen atoms in total. The van der Waals surface area contributed by atoms with Crippen molar-refractivity contribution in [2.45, 2.75) is 50.0 Å². The number of aromatic nitrogens is 2. The molecule has 1 aliphatic carbocycles. The predicted octanol–water partition coefficient (Wildman–Crippen LogP) is 4.52. The van der Waals surface area contributed by atoms with E-state index in [0.717, 1.165) is 47.2 Å². The fraction of sp³-hybridized carbons (Fsp3) is 0.435. The van der Waals surface area contributed by atoms with Gasteiger partial charge in [-0.15, -0.1) is 0 Å². The van der Waals surface area contributed by atoms with Crippen LogP contribution in [0.15, 0.2) is 42.7 Å². The molecule has 5 rings (SSSR count). The molecule has 1 aliphatic heterocycles. The summed E-state index contributed by atoms with van der Waals surface area (Å²) in [5.41, 5.74) is 1.73. The van der Waals surface area contributed by atoms with Crippen LogP contribution in [0, 0.1) is 11.7 Å². The van der Waals surface area contributed by atoms with Gasteiger partial charge >= 0.3 is 0 Å². The molecule has 2 N–H and O–H groups in total. The van der Waals surface area contributed by atoms with E-state index in [1.54, 1.807) is 18.3 Å². The summed E-state index contributed by atoms with van der Waals surface area (Å²) in [7, 11) is 0. The average molecular weight is 380 g/mol. The van der Waals surface area contributed by atoms with Crippen LogP contribution >= 0.6 is 0 Å². The number of pyridine rings is 1. The maximum atomic E-state index is 14.0. The molecule has 5 heteroatoms. The van der Waals surface area contributed by atoms with Crippen LogP contribution in [0.25, 0.3) is 10.9 Å². The van der Waals surface area contributed by atoms with E-state index in [1.165, 1.54) is 6.07 Å². The van der Waals surface area contributed by atoms with Crippen LogP contribution in [-0.4, -0.2) is 27.3 Å². The third-order valence-electron chi connectivity index (χ3n) is 6.51. The first kappa shape index (κ1) is 17.7. The van der Waals surface area contributed by atoms with Gasteiger partial charge in [0.1, 0.15) is 11.6 Å². The van der Waals surface area contributed by atoms with E-state index in [2.05, 4.69) is 23.0 Å². The summed E-state index contributed by atoms with van der Waals surface area (Å²) >= 11 is 0. The van der Waals surface area contributed by atoms with Crippen molar-refractivity contribution in [2.75, 3.05) is 6.61 Å². The zero-order chi connectivity index (χ0) is 19.4. The van der Waals surface area contributed by atoms with E-state index in [9.17, 15) is 9.50 Å². The molecule has 1 fully saturated rings. The van der Waals surface area contributed by atoms with Crippen molar-refractivity contribution >= 4 is 10.9 Å². The Labute approximate surface area is 163 Å². The molecule has 28 heavy (non-hydrogen) atoms. The summed E-state index contributed by atoms with van der Waals surface area (Å²) in [5.74, 6) is 0.771. The summed E-state index contributed by atoms with van der Waals surface area (Å²) in [5, 5.41) is 12.9. The standard InChI is InChI=1S/C23H25FN2O2/c1-22(7-9-28-21-5-4-17(24)11-19(21)22)14-23(27,16-2-3-16)12-18-10-15-6-8-25-13-20(15)26-18/h4-6,8,10-11,13,16,26-27H,2-3,7,9,12,14H2,1H3. The lowest BCUT2D eigenvalue weighted by Gasteiger charge is -2.42. The summed E-state index contributed by atoms with van der Waals surface area (Å²) in [6.07, 6.45) is 7.61. The van der Waals surface area contributed by atoms with Gasteiger partial charge in [-0.1, -0.05) is 6.92 Å². The highest BCUT2D eigenvalue weighted by Gasteiger charge is 2.49. The number of benzene rings is 1. The topological polar surface area (TPSA) is 58.1 Å². The summed E-state index contributed by atoms with van der Waals surface area (Å²) in [4.78, 5) is 7.57. The Morgan fingerprint density at radius 2 is 2.18 bits per heavy atom. The summed E-state index contributed by atoms with van der Waals surface area (Å²) < 4.78 is 19.7. The molecule has 2 aromatic heterocycles. The van der Waals surface area contributed by atoms with E-state index in [0.29, 0.717) is 19.4 Å². The minimum Gasteiger partial charge on any atom is -0.493 e. The van der Waals surface area contributed by atoms with Crippen molar-refractivity contribution in [3.05, 3.63) is 59.8 Å².